The normalized spacial score (nSPS) is 19.2. The van der Waals surface area contributed by atoms with Crippen LogP contribution in [0.3, 0.4) is 0 Å². The van der Waals surface area contributed by atoms with Gasteiger partial charge in [-0.1, -0.05) is 0 Å². The van der Waals surface area contributed by atoms with Crippen molar-refractivity contribution >= 4 is 23.6 Å². The van der Waals surface area contributed by atoms with E-state index >= 15 is 0 Å². The number of carboxylic acid groups (broad SMARTS) is 1. The maximum Gasteiger partial charge on any atom is 0.354 e. The fourth-order valence-electron chi connectivity index (χ4n) is 1.78. The van der Waals surface area contributed by atoms with Gasteiger partial charge in [0.1, 0.15) is 5.69 Å². The summed E-state index contributed by atoms with van der Waals surface area (Å²) in [5, 5.41) is 11.6. The van der Waals surface area contributed by atoms with Crippen LogP contribution in [0, 0.1) is 0 Å². The van der Waals surface area contributed by atoms with Gasteiger partial charge in [0.25, 0.3) is 5.91 Å². The number of nitrogens with one attached hydrogen (secondary N) is 1. The molecule has 1 saturated heterocycles. The number of amides is 1. The molecule has 1 atom stereocenters. The van der Waals surface area contributed by atoms with Gasteiger partial charge in [0.15, 0.2) is 0 Å². The van der Waals surface area contributed by atoms with Crippen molar-refractivity contribution in [1.82, 2.24) is 10.3 Å². The van der Waals surface area contributed by atoms with Crippen LogP contribution in [0.25, 0.3) is 0 Å². The van der Waals surface area contributed by atoms with E-state index < -0.39 is 5.97 Å². The van der Waals surface area contributed by atoms with E-state index in [0.717, 1.165) is 24.3 Å². The third-order valence-corrected chi connectivity index (χ3v) is 3.96. The Balaban J connectivity index is 1.97. The van der Waals surface area contributed by atoms with E-state index in [-0.39, 0.29) is 17.6 Å². The largest absolute Gasteiger partial charge is 0.477 e. The van der Waals surface area contributed by atoms with Crippen LogP contribution in [0.2, 0.25) is 0 Å². The molecule has 96 valence electrons. The molecule has 1 aliphatic heterocycles. The highest BCUT2D eigenvalue weighted by Crippen LogP contribution is 2.17. The summed E-state index contributed by atoms with van der Waals surface area (Å²) in [6.07, 6.45) is 3.42. The number of hydrogen-bond acceptors (Lipinski definition) is 4. The lowest BCUT2D eigenvalue weighted by Gasteiger charge is -2.22. The SMILES string of the molecule is O=C(NC1CCCSC1)c1ccc(C(=O)O)nc1. The molecule has 1 fully saturated rings. The van der Waals surface area contributed by atoms with E-state index in [4.69, 9.17) is 5.11 Å². The molecule has 1 aliphatic rings. The summed E-state index contributed by atoms with van der Waals surface area (Å²) in [6.45, 7) is 0. The van der Waals surface area contributed by atoms with Crippen LogP contribution in [0.4, 0.5) is 0 Å². The molecule has 0 spiro atoms. The molecule has 0 bridgehead atoms. The minimum Gasteiger partial charge on any atom is -0.477 e. The zero-order chi connectivity index (χ0) is 13.0. The molecule has 2 N–H and O–H groups in total. The molecule has 0 radical (unpaired) electrons. The Kier molecular flexibility index (Phi) is 4.19. The number of carboxylic acids is 1. The van der Waals surface area contributed by atoms with Gasteiger partial charge in [-0.25, -0.2) is 9.78 Å². The van der Waals surface area contributed by atoms with Crippen molar-refractivity contribution in [1.29, 1.82) is 0 Å². The van der Waals surface area contributed by atoms with E-state index in [9.17, 15) is 9.59 Å². The average molecular weight is 266 g/mol. The zero-order valence-electron chi connectivity index (χ0n) is 9.76. The first-order valence-corrected chi connectivity index (χ1v) is 6.90. The van der Waals surface area contributed by atoms with Gasteiger partial charge in [0, 0.05) is 18.0 Å². The van der Waals surface area contributed by atoms with Crippen LogP contribution in [0.5, 0.6) is 0 Å². The van der Waals surface area contributed by atoms with E-state index in [2.05, 4.69) is 10.3 Å². The number of nitrogens with zero attached hydrogens (tertiary/aromatic N) is 1. The highest BCUT2D eigenvalue weighted by Gasteiger charge is 2.17. The van der Waals surface area contributed by atoms with Crippen molar-refractivity contribution < 1.29 is 14.7 Å². The molecule has 6 heteroatoms. The number of carbonyl (C=O) groups excluding carboxylic acids is 1. The number of aromatic nitrogens is 1. The fourth-order valence-corrected chi connectivity index (χ4v) is 2.85. The van der Waals surface area contributed by atoms with Gasteiger partial charge < -0.3 is 10.4 Å². The summed E-state index contributed by atoms with van der Waals surface area (Å²) in [5.74, 6) is 0.811. The third-order valence-electron chi connectivity index (χ3n) is 2.74. The number of thioether (sulfide) groups is 1. The Morgan fingerprint density at radius 3 is 2.83 bits per heavy atom. The lowest BCUT2D eigenvalue weighted by atomic mass is 10.1. The quantitative estimate of drug-likeness (QED) is 0.864. The van der Waals surface area contributed by atoms with Crippen LogP contribution in [-0.2, 0) is 0 Å². The molecule has 5 nitrogen and oxygen atoms in total. The minimum absolute atomic E-state index is 0.0558. The van der Waals surface area contributed by atoms with Crippen LogP contribution < -0.4 is 5.32 Å². The van der Waals surface area contributed by atoms with Crippen LogP contribution in [-0.4, -0.2) is 39.5 Å². The zero-order valence-corrected chi connectivity index (χ0v) is 10.6. The molecule has 2 rings (SSSR count). The second-order valence-electron chi connectivity index (χ2n) is 4.12. The summed E-state index contributed by atoms with van der Waals surface area (Å²) in [6, 6.07) is 3.03. The van der Waals surface area contributed by atoms with E-state index in [1.807, 2.05) is 11.8 Å². The Morgan fingerprint density at radius 2 is 2.28 bits per heavy atom. The molecule has 0 aromatic carbocycles. The van der Waals surface area contributed by atoms with Crippen molar-refractivity contribution in [2.75, 3.05) is 11.5 Å². The number of pyridine rings is 1. The number of carbonyl (C=O) groups is 2. The van der Waals surface area contributed by atoms with E-state index in [0.29, 0.717) is 5.56 Å². The van der Waals surface area contributed by atoms with Gasteiger partial charge in [0.2, 0.25) is 0 Å². The van der Waals surface area contributed by atoms with E-state index in [1.54, 1.807) is 0 Å². The average Bonchev–Trinajstić information content (AvgIpc) is 2.40. The Bertz CT molecular complexity index is 441. The molecule has 1 aromatic heterocycles. The molecule has 2 heterocycles. The molecule has 18 heavy (non-hydrogen) atoms. The summed E-state index contributed by atoms with van der Waals surface area (Å²) in [5.41, 5.74) is 0.343. The first kappa shape index (κ1) is 12.9. The summed E-state index contributed by atoms with van der Waals surface area (Å²) in [7, 11) is 0. The van der Waals surface area contributed by atoms with Crippen LogP contribution in [0.15, 0.2) is 18.3 Å². The van der Waals surface area contributed by atoms with Crippen LogP contribution >= 0.6 is 11.8 Å². The highest BCUT2D eigenvalue weighted by atomic mass is 32.2. The molecule has 1 amide bonds. The third kappa shape index (κ3) is 3.22. The van der Waals surface area contributed by atoms with Crippen molar-refractivity contribution in [2.24, 2.45) is 0 Å². The van der Waals surface area contributed by atoms with Crippen molar-refractivity contribution in [2.45, 2.75) is 18.9 Å². The fraction of sp³-hybridized carbons (Fsp3) is 0.417. The predicted octanol–water partition coefficient (Wildman–Crippen LogP) is 1.41. The van der Waals surface area contributed by atoms with E-state index in [1.165, 1.54) is 18.3 Å². The second kappa shape index (κ2) is 5.86. The summed E-state index contributed by atoms with van der Waals surface area (Å²) >= 11 is 1.84. The number of aromatic carboxylic acids is 1. The maximum absolute atomic E-state index is 11.9. The monoisotopic (exact) mass is 266 g/mol. The molecule has 1 unspecified atom stereocenters. The lowest BCUT2D eigenvalue weighted by Crippen LogP contribution is -2.38. The first-order chi connectivity index (χ1) is 8.66. The van der Waals surface area contributed by atoms with Crippen molar-refractivity contribution in [3.8, 4) is 0 Å². The van der Waals surface area contributed by atoms with Crippen molar-refractivity contribution in [3.05, 3.63) is 29.6 Å². The molecule has 0 aliphatic carbocycles. The minimum atomic E-state index is -1.09. The Hall–Kier alpha value is -1.56. The predicted molar refractivity (Wildman–Crippen MR) is 69.0 cm³/mol. The lowest BCUT2D eigenvalue weighted by molar-refractivity contribution is 0.0689. The molecular weight excluding hydrogens is 252 g/mol. The number of hydrogen-bond donors (Lipinski definition) is 2. The second-order valence-corrected chi connectivity index (χ2v) is 5.27. The molecule has 1 aromatic rings. The molecule has 0 saturated carbocycles. The maximum atomic E-state index is 11.9. The number of rotatable bonds is 3. The standard InChI is InChI=1S/C12H14N2O3S/c15-11(14-9-2-1-5-18-7-9)8-3-4-10(12(16)17)13-6-8/h3-4,6,9H,1-2,5,7H2,(H,14,15)(H,16,17). The summed E-state index contributed by atoms with van der Waals surface area (Å²) < 4.78 is 0. The van der Waals surface area contributed by atoms with Gasteiger partial charge in [-0.05, 0) is 30.7 Å². The van der Waals surface area contributed by atoms with Gasteiger partial charge in [-0.3, -0.25) is 4.79 Å². The van der Waals surface area contributed by atoms with Gasteiger partial charge in [-0.15, -0.1) is 0 Å². The molecular formula is C12H14N2O3S. The first-order valence-electron chi connectivity index (χ1n) is 5.75. The summed E-state index contributed by atoms with van der Waals surface area (Å²) in [4.78, 5) is 26.2. The van der Waals surface area contributed by atoms with Crippen molar-refractivity contribution in [3.63, 3.8) is 0 Å². The van der Waals surface area contributed by atoms with Gasteiger partial charge in [-0.2, -0.15) is 11.8 Å². The van der Waals surface area contributed by atoms with Gasteiger partial charge >= 0.3 is 5.97 Å². The highest BCUT2D eigenvalue weighted by molar-refractivity contribution is 7.99. The van der Waals surface area contributed by atoms with Crippen LogP contribution in [0.1, 0.15) is 33.7 Å². The topological polar surface area (TPSA) is 79.3 Å². The smallest absolute Gasteiger partial charge is 0.354 e. The Morgan fingerprint density at radius 1 is 1.44 bits per heavy atom. The van der Waals surface area contributed by atoms with Gasteiger partial charge in [0.05, 0.1) is 5.56 Å². The Labute approximate surface area is 109 Å².